The number of fused-ring (bicyclic) bond motifs is 6. The number of carbonyl (C=O) groups excluding carboxylic acids is 1. The summed E-state index contributed by atoms with van der Waals surface area (Å²) < 4.78 is 18.2. The van der Waals surface area contributed by atoms with Crippen molar-refractivity contribution < 1.29 is 24.1 Å². The van der Waals surface area contributed by atoms with Crippen molar-refractivity contribution in [2.75, 3.05) is 6.61 Å². The number of hydrogen-bond donors (Lipinski definition) is 1. The van der Waals surface area contributed by atoms with Crippen LogP contribution in [0.5, 0.6) is 0 Å². The number of carbonyl (C=O) groups is 1. The van der Waals surface area contributed by atoms with E-state index in [9.17, 15) is 9.90 Å². The van der Waals surface area contributed by atoms with Crippen LogP contribution in [0.1, 0.15) is 66.2 Å². The highest BCUT2D eigenvalue weighted by atomic mass is 16.8. The first-order valence-corrected chi connectivity index (χ1v) is 10.8. The van der Waals surface area contributed by atoms with Crippen LogP contribution in [0, 0.1) is 34.5 Å². The molecule has 1 N–H and O–H groups in total. The van der Waals surface area contributed by atoms with E-state index in [2.05, 4.69) is 13.8 Å². The highest BCUT2D eigenvalue weighted by molar-refractivity contribution is 5.74. The van der Waals surface area contributed by atoms with Gasteiger partial charge in [-0.05, 0) is 81.0 Å². The van der Waals surface area contributed by atoms with Gasteiger partial charge in [0.15, 0.2) is 5.79 Å². The summed E-state index contributed by atoms with van der Waals surface area (Å²) in [5.41, 5.74) is -0.131. The molecule has 0 unspecified atom stereocenters. The lowest BCUT2D eigenvalue weighted by molar-refractivity contribution is -0.157. The first-order chi connectivity index (χ1) is 12.6. The molecule has 3 saturated carbocycles. The van der Waals surface area contributed by atoms with Gasteiger partial charge in [-0.25, -0.2) is 0 Å². The van der Waals surface area contributed by atoms with E-state index >= 15 is 0 Å². The zero-order chi connectivity index (χ0) is 19.2. The second-order valence-electron chi connectivity index (χ2n) is 10.9. The second-order valence-corrected chi connectivity index (χ2v) is 10.9. The van der Waals surface area contributed by atoms with Gasteiger partial charge in [0.25, 0.3) is 0 Å². The quantitative estimate of drug-likeness (QED) is 0.655. The number of rotatable bonds is 0. The zero-order valence-electron chi connectivity index (χ0n) is 17.1. The fourth-order valence-corrected chi connectivity index (χ4v) is 7.72. The fraction of sp³-hybridized carbons (Fsp3) is 0.955. The van der Waals surface area contributed by atoms with E-state index in [1.807, 2.05) is 13.8 Å². The van der Waals surface area contributed by atoms with Crippen molar-refractivity contribution in [2.45, 2.75) is 90.3 Å². The van der Waals surface area contributed by atoms with Crippen molar-refractivity contribution in [1.82, 2.24) is 0 Å². The van der Waals surface area contributed by atoms with Crippen LogP contribution in [0.15, 0.2) is 0 Å². The van der Waals surface area contributed by atoms with Crippen LogP contribution in [-0.2, 0) is 19.0 Å². The molecule has 27 heavy (non-hydrogen) atoms. The minimum absolute atomic E-state index is 0.00988. The third-order valence-corrected chi connectivity index (χ3v) is 9.13. The molecule has 0 spiro atoms. The second kappa shape index (κ2) is 5.70. The molecule has 5 fully saturated rings. The van der Waals surface area contributed by atoms with Crippen LogP contribution in [0.25, 0.3) is 0 Å². The maximum Gasteiger partial charge on any atom is 0.309 e. The minimum Gasteiger partial charge on any atom is -0.465 e. The number of esters is 1. The Morgan fingerprint density at radius 2 is 1.67 bits per heavy atom. The summed E-state index contributed by atoms with van der Waals surface area (Å²) in [5, 5.41) is 10.6. The van der Waals surface area contributed by atoms with Gasteiger partial charge in [0.1, 0.15) is 0 Å². The smallest absolute Gasteiger partial charge is 0.309 e. The van der Waals surface area contributed by atoms with Crippen molar-refractivity contribution in [3.05, 3.63) is 0 Å². The monoisotopic (exact) mass is 378 g/mol. The van der Waals surface area contributed by atoms with E-state index in [0.717, 1.165) is 32.1 Å². The Morgan fingerprint density at radius 3 is 2.44 bits per heavy atom. The average Bonchev–Trinajstić information content (AvgIpc) is 3.02. The molecule has 5 aliphatic rings. The molecule has 2 aliphatic heterocycles. The lowest BCUT2D eigenvalue weighted by Crippen LogP contribution is -2.54. The summed E-state index contributed by atoms with van der Waals surface area (Å²) in [6, 6.07) is 0. The molecule has 2 heterocycles. The Hall–Kier alpha value is -0.650. The third kappa shape index (κ3) is 2.50. The number of cyclic esters (lactones) is 1. The number of hydrogen-bond acceptors (Lipinski definition) is 5. The lowest BCUT2D eigenvalue weighted by atomic mass is 9.49. The van der Waals surface area contributed by atoms with Crippen LogP contribution >= 0.6 is 0 Å². The standard InChI is InChI=1S/C22H34O5/c1-20(2)26-16-9-15-19(24)25-11-12-13-5-6-18(23)21(13,3)8-7-14(12)22(15,4)10-17(16)27-20/h12-18,23H,5-11H2,1-4H3/t12-,13-,14-,15+,16-,17+,18-,21-,22+/m0/s1. The first kappa shape index (κ1) is 18.4. The van der Waals surface area contributed by atoms with Crippen LogP contribution in [0.3, 0.4) is 0 Å². The van der Waals surface area contributed by atoms with Crippen molar-refractivity contribution in [3.63, 3.8) is 0 Å². The largest absolute Gasteiger partial charge is 0.465 e. The average molecular weight is 379 g/mol. The highest BCUT2D eigenvalue weighted by Gasteiger charge is 2.64. The molecule has 5 nitrogen and oxygen atoms in total. The van der Waals surface area contributed by atoms with Gasteiger partial charge in [-0.15, -0.1) is 0 Å². The van der Waals surface area contributed by atoms with Gasteiger partial charge < -0.3 is 19.3 Å². The molecule has 0 aromatic heterocycles. The summed E-state index contributed by atoms with van der Waals surface area (Å²) in [4.78, 5) is 13.0. The van der Waals surface area contributed by atoms with Crippen molar-refractivity contribution in [2.24, 2.45) is 34.5 Å². The molecule has 5 rings (SSSR count). The maximum absolute atomic E-state index is 13.0. The molecule has 5 heteroatoms. The molecular formula is C22H34O5. The SMILES string of the molecule is CC1(C)O[C@H]2C[C@@H]3C(=O)OC[C@@H]4[C@H](CC[C@]5(C)[C@@H](O)CC[C@@H]45)[C@@]3(C)C[C@H]2O1. The maximum atomic E-state index is 13.0. The van der Waals surface area contributed by atoms with Crippen molar-refractivity contribution in [1.29, 1.82) is 0 Å². The number of ether oxygens (including phenoxy) is 3. The van der Waals surface area contributed by atoms with Crippen LogP contribution in [0.4, 0.5) is 0 Å². The molecule has 9 atom stereocenters. The summed E-state index contributed by atoms with van der Waals surface area (Å²) in [5.74, 6) is 0.530. The lowest BCUT2D eigenvalue weighted by Gasteiger charge is -2.54. The molecule has 0 aromatic rings. The summed E-state index contributed by atoms with van der Waals surface area (Å²) in [7, 11) is 0. The number of aliphatic hydroxyl groups excluding tert-OH is 1. The Morgan fingerprint density at radius 1 is 0.963 bits per heavy atom. The molecule has 0 amide bonds. The van der Waals surface area contributed by atoms with E-state index in [1.165, 1.54) is 0 Å². The van der Waals surface area contributed by atoms with Gasteiger partial charge in [-0.1, -0.05) is 13.8 Å². The van der Waals surface area contributed by atoms with Gasteiger partial charge in [0.05, 0.1) is 30.8 Å². The summed E-state index contributed by atoms with van der Waals surface area (Å²) in [6.07, 6.45) is 5.47. The van der Waals surface area contributed by atoms with E-state index in [4.69, 9.17) is 14.2 Å². The molecule has 152 valence electrons. The summed E-state index contributed by atoms with van der Waals surface area (Å²) in [6.45, 7) is 9.02. The Bertz CT molecular complexity index is 647. The topological polar surface area (TPSA) is 65.0 Å². The van der Waals surface area contributed by atoms with E-state index in [1.54, 1.807) is 0 Å². The van der Waals surface area contributed by atoms with E-state index < -0.39 is 5.79 Å². The Kier molecular flexibility index (Phi) is 3.88. The first-order valence-electron chi connectivity index (χ1n) is 10.8. The zero-order valence-corrected chi connectivity index (χ0v) is 17.1. The van der Waals surface area contributed by atoms with Gasteiger partial charge in [-0.3, -0.25) is 4.79 Å². The van der Waals surface area contributed by atoms with Gasteiger partial charge >= 0.3 is 5.97 Å². The molecule has 0 bridgehead atoms. The normalized spacial score (nSPS) is 56.3. The predicted octanol–water partition coefficient (Wildman–Crippen LogP) is 3.28. The van der Waals surface area contributed by atoms with Crippen LogP contribution in [-0.4, -0.2) is 41.8 Å². The highest BCUT2D eigenvalue weighted by Crippen LogP contribution is 2.64. The third-order valence-electron chi connectivity index (χ3n) is 9.13. The minimum atomic E-state index is -0.570. The van der Waals surface area contributed by atoms with E-state index in [-0.39, 0.29) is 41.0 Å². The van der Waals surface area contributed by atoms with Gasteiger partial charge in [0.2, 0.25) is 0 Å². The molecule has 3 aliphatic carbocycles. The van der Waals surface area contributed by atoms with E-state index in [0.29, 0.717) is 30.8 Å². The Labute approximate surface area is 162 Å². The fourth-order valence-electron chi connectivity index (χ4n) is 7.72. The molecular weight excluding hydrogens is 344 g/mol. The predicted molar refractivity (Wildman–Crippen MR) is 98.7 cm³/mol. The van der Waals surface area contributed by atoms with Crippen LogP contribution < -0.4 is 0 Å². The molecule has 2 saturated heterocycles. The molecule has 0 aromatic carbocycles. The summed E-state index contributed by atoms with van der Waals surface area (Å²) >= 11 is 0. The van der Waals surface area contributed by atoms with Crippen molar-refractivity contribution >= 4 is 5.97 Å². The Balaban J connectivity index is 1.50. The van der Waals surface area contributed by atoms with Crippen molar-refractivity contribution in [3.8, 4) is 0 Å². The van der Waals surface area contributed by atoms with Gasteiger partial charge in [-0.2, -0.15) is 0 Å². The number of aliphatic hydroxyl groups is 1. The van der Waals surface area contributed by atoms with Crippen LogP contribution in [0.2, 0.25) is 0 Å². The van der Waals surface area contributed by atoms with Gasteiger partial charge in [0, 0.05) is 0 Å². The molecule has 0 radical (unpaired) electrons.